The van der Waals surface area contributed by atoms with E-state index in [-0.39, 0.29) is 25.3 Å². The molecule has 1 rings (SSSR count). The first-order valence-electron chi connectivity index (χ1n) is 5.05. The molecule has 1 amide bonds. The average Bonchev–Trinajstić information content (AvgIpc) is 2.69. The van der Waals surface area contributed by atoms with Gasteiger partial charge in [0.15, 0.2) is 0 Å². The van der Waals surface area contributed by atoms with Crippen LogP contribution in [0.1, 0.15) is 19.3 Å². The van der Waals surface area contributed by atoms with E-state index in [0.717, 1.165) is 5.57 Å². The minimum Gasteiger partial charge on any atom is -0.480 e. The van der Waals surface area contributed by atoms with Crippen molar-refractivity contribution in [2.24, 2.45) is 10.7 Å². The summed E-state index contributed by atoms with van der Waals surface area (Å²) in [6, 6.07) is -0.896. The SMILES string of the molecule is NCCC(=O)N[C@@H](CC1=CN=CC1)C(=O)O. The zero-order chi connectivity index (χ0) is 12.0. The summed E-state index contributed by atoms with van der Waals surface area (Å²) in [6.07, 6.45) is 4.41. The highest BCUT2D eigenvalue weighted by Gasteiger charge is 2.21. The van der Waals surface area contributed by atoms with Gasteiger partial charge in [0.25, 0.3) is 0 Å². The second-order valence-corrected chi connectivity index (χ2v) is 3.52. The van der Waals surface area contributed by atoms with Crippen LogP contribution in [0.3, 0.4) is 0 Å². The number of amides is 1. The minimum atomic E-state index is -1.04. The van der Waals surface area contributed by atoms with Crippen molar-refractivity contribution in [3.8, 4) is 0 Å². The van der Waals surface area contributed by atoms with Gasteiger partial charge in [0, 0.05) is 38.2 Å². The average molecular weight is 225 g/mol. The van der Waals surface area contributed by atoms with Crippen molar-refractivity contribution >= 4 is 18.1 Å². The van der Waals surface area contributed by atoms with Gasteiger partial charge in [-0.3, -0.25) is 9.79 Å². The molecule has 0 aromatic carbocycles. The number of aliphatic imine (C=N–C) groups is 1. The molecule has 1 aliphatic rings. The molecule has 1 aliphatic heterocycles. The van der Waals surface area contributed by atoms with Crippen molar-refractivity contribution in [1.82, 2.24) is 5.32 Å². The summed E-state index contributed by atoms with van der Waals surface area (Å²) in [6.45, 7) is 0.212. The number of rotatable bonds is 6. The van der Waals surface area contributed by atoms with Crippen LogP contribution >= 0.6 is 0 Å². The molecule has 1 heterocycles. The first-order chi connectivity index (χ1) is 7.63. The lowest BCUT2D eigenvalue weighted by atomic mass is 10.1. The van der Waals surface area contributed by atoms with Gasteiger partial charge < -0.3 is 16.2 Å². The summed E-state index contributed by atoms with van der Waals surface area (Å²) in [7, 11) is 0. The molecular weight excluding hydrogens is 210 g/mol. The highest BCUT2D eigenvalue weighted by Crippen LogP contribution is 2.13. The fraction of sp³-hybridized carbons (Fsp3) is 0.500. The molecule has 1 atom stereocenters. The Morgan fingerprint density at radius 2 is 2.38 bits per heavy atom. The summed E-state index contributed by atoms with van der Waals surface area (Å²) in [5, 5.41) is 11.4. The zero-order valence-corrected chi connectivity index (χ0v) is 8.85. The normalized spacial score (nSPS) is 15.7. The maximum Gasteiger partial charge on any atom is 0.326 e. The van der Waals surface area contributed by atoms with Crippen molar-refractivity contribution in [2.75, 3.05) is 6.54 Å². The van der Waals surface area contributed by atoms with E-state index in [4.69, 9.17) is 10.8 Å². The molecule has 88 valence electrons. The number of aliphatic carboxylic acids is 1. The van der Waals surface area contributed by atoms with E-state index in [1.165, 1.54) is 0 Å². The molecule has 16 heavy (non-hydrogen) atoms. The van der Waals surface area contributed by atoms with Crippen LogP contribution in [-0.2, 0) is 9.59 Å². The maximum absolute atomic E-state index is 11.2. The Morgan fingerprint density at radius 3 is 2.88 bits per heavy atom. The Bertz CT molecular complexity index is 336. The Morgan fingerprint density at radius 1 is 1.62 bits per heavy atom. The van der Waals surface area contributed by atoms with Crippen LogP contribution in [0.5, 0.6) is 0 Å². The van der Waals surface area contributed by atoms with E-state index >= 15 is 0 Å². The number of hydrogen-bond donors (Lipinski definition) is 3. The fourth-order valence-corrected chi connectivity index (χ4v) is 1.38. The van der Waals surface area contributed by atoms with Crippen LogP contribution in [0.25, 0.3) is 0 Å². The topological polar surface area (TPSA) is 105 Å². The molecule has 0 aromatic rings. The molecular formula is C10H15N3O3. The van der Waals surface area contributed by atoms with Crippen LogP contribution < -0.4 is 11.1 Å². The summed E-state index contributed by atoms with van der Waals surface area (Å²) < 4.78 is 0. The van der Waals surface area contributed by atoms with Crippen LogP contribution in [0.15, 0.2) is 16.8 Å². The Kier molecular flexibility index (Phi) is 4.65. The van der Waals surface area contributed by atoms with Crippen molar-refractivity contribution in [2.45, 2.75) is 25.3 Å². The second kappa shape index (κ2) is 6.02. The lowest BCUT2D eigenvalue weighted by Gasteiger charge is -2.14. The van der Waals surface area contributed by atoms with E-state index < -0.39 is 12.0 Å². The lowest BCUT2D eigenvalue weighted by Crippen LogP contribution is -2.41. The molecule has 0 aliphatic carbocycles. The molecule has 0 bridgehead atoms. The molecule has 0 spiro atoms. The van der Waals surface area contributed by atoms with Gasteiger partial charge in [0.05, 0.1) is 0 Å². The molecule has 0 unspecified atom stereocenters. The third kappa shape index (κ3) is 3.82. The molecule has 6 heteroatoms. The highest BCUT2D eigenvalue weighted by molar-refractivity contribution is 5.84. The number of carbonyl (C=O) groups is 2. The number of hydrogen-bond acceptors (Lipinski definition) is 4. The Labute approximate surface area is 93.2 Å². The minimum absolute atomic E-state index is 0.138. The smallest absolute Gasteiger partial charge is 0.326 e. The summed E-state index contributed by atoms with van der Waals surface area (Å²) in [4.78, 5) is 26.0. The quantitative estimate of drug-likeness (QED) is 0.574. The van der Waals surface area contributed by atoms with Gasteiger partial charge in [-0.05, 0) is 5.57 Å². The molecule has 0 saturated heterocycles. The largest absolute Gasteiger partial charge is 0.480 e. The van der Waals surface area contributed by atoms with Crippen LogP contribution in [0, 0.1) is 0 Å². The fourth-order valence-electron chi connectivity index (χ4n) is 1.38. The third-order valence-electron chi connectivity index (χ3n) is 2.19. The number of nitrogens with two attached hydrogens (primary N) is 1. The van der Waals surface area contributed by atoms with E-state index in [0.29, 0.717) is 6.42 Å². The van der Waals surface area contributed by atoms with Gasteiger partial charge in [-0.15, -0.1) is 0 Å². The van der Waals surface area contributed by atoms with Crippen molar-refractivity contribution < 1.29 is 14.7 Å². The number of nitrogens with one attached hydrogen (secondary N) is 1. The van der Waals surface area contributed by atoms with Gasteiger partial charge >= 0.3 is 5.97 Å². The van der Waals surface area contributed by atoms with Gasteiger partial charge in [-0.1, -0.05) is 0 Å². The van der Waals surface area contributed by atoms with Crippen molar-refractivity contribution in [1.29, 1.82) is 0 Å². The van der Waals surface area contributed by atoms with Gasteiger partial charge in [0.2, 0.25) is 5.91 Å². The van der Waals surface area contributed by atoms with E-state index in [9.17, 15) is 9.59 Å². The molecule has 4 N–H and O–H groups in total. The number of carbonyl (C=O) groups excluding carboxylic acids is 1. The van der Waals surface area contributed by atoms with Gasteiger partial charge in [-0.25, -0.2) is 4.79 Å². The monoisotopic (exact) mass is 225 g/mol. The Balaban J connectivity index is 2.47. The second-order valence-electron chi connectivity index (χ2n) is 3.52. The van der Waals surface area contributed by atoms with Gasteiger partial charge in [0.1, 0.15) is 6.04 Å². The van der Waals surface area contributed by atoms with E-state index in [2.05, 4.69) is 10.3 Å². The first kappa shape index (κ1) is 12.4. The first-order valence-corrected chi connectivity index (χ1v) is 5.05. The summed E-state index contributed by atoms with van der Waals surface area (Å²) in [5.41, 5.74) is 6.11. The van der Waals surface area contributed by atoms with Crippen LogP contribution in [-0.4, -0.2) is 35.8 Å². The molecule has 0 fully saturated rings. The molecule has 6 nitrogen and oxygen atoms in total. The maximum atomic E-state index is 11.2. The number of nitrogens with zero attached hydrogens (tertiary/aromatic N) is 1. The lowest BCUT2D eigenvalue weighted by molar-refractivity contribution is -0.141. The van der Waals surface area contributed by atoms with Crippen LogP contribution in [0.2, 0.25) is 0 Å². The van der Waals surface area contributed by atoms with Gasteiger partial charge in [-0.2, -0.15) is 0 Å². The highest BCUT2D eigenvalue weighted by atomic mass is 16.4. The predicted octanol–water partition coefficient (Wildman–Crippen LogP) is -0.347. The van der Waals surface area contributed by atoms with Crippen molar-refractivity contribution in [3.63, 3.8) is 0 Å². The molecule has 0 saturated carbocycles. The molecule has 0 aromatic heterocycles. The number of carboxylic acids is 1. The summed E-state index contributed by atoms with van der Waals surface area (Å²) in [5.74, 6) is -1.38. The van der Waals surface area contributed by atoms with E-state index in [1.54, 1.807) is 12.4 Å². The summed E-state index contributed by atoms with van der Waals surface area (Å²) >= 11 is 0. The standard InChI is InChI=1S/C10H15N3O3/c11-3-1-9(14)13-8(10(15)16)5-7-2-4-12-6-7/h4,6,8H,1-3,5,11H2,(H,13,14)(H,15,16)/t8-/m0/s1. The number of carboxylic acid groups (broad SMARTS) is 1. The van der Waals surface area contributed by atoms with Crippen molar-refractivity contribution in [3.05, 3.63) is 11.8 Å². The molecule has 0 radical (unpaired) electrons. The Hall–Kier alpha value is -1.69. The third-order valence-corrected chi connectivity index (χ3v) is 2.19. The zero-order valence-electron chi connectivity index (χ0n) is 8.85. The van der Waals surface area contributed by atoms with E-state index in [1.807, 2.05) is 0 Å². The predicted molar refractivity (Wildman–Crippen MR) is 59.0 cm³/mol. The van der Waals surface area contributed by atoms with Crippen LogP contribution in [0.4, 0.5) is 0 Å².